The summed E-state index contributed by atoms with van der Waals surface area (Å²) < 4.78 is 0. The summed E-state index contributed by atoms with van der Waals surface area (Å²) in [6, 6.07) is 1.91. The van der Waals surface area contributed by atoms with Gasteiger partial charge in [0.15, 0.2) is 0 Å². The molecule has 0 bridgehead atoms. The predicted molar refractivity (Wildman–Crippen MR) is 46.5 cm³/mol. The number of hydrogen-bond acceptors (Lipinski definition) is 2. The van der Waals surface area contributed by atoms with Crippen LogP contribution in [0.5, 0.6) is 0 Å². The summed E-state index contributed by atoms with van der Waals surface area (Å²) >= 11 is 5.73. The molecule has 2 N–H and O–H groups in total. The number of aromatic nitrogens is 1. The van der Waals surface area contributed by atoms with Crippen LogP contribution >= 0.6 is 11.6 Å². The Balaban J connectivity index is 2.86. The first kappa shape index (κ1) is 8.50. The minimum atomic E-state index is 0.0567. The molecular formula is C8H11ClN2. The first-order valence-corrected chi connectivity index (χ1v) is 3.98. The Kier molecular flexibility index (Phi) is 2.85. The topological polar surface area (TPSA) is 38.9 Å². The second-order valence-electron chi connectivity index (χ2n) is 2.45. The van der Waals surface area contributed by atoms with E-state index in [1.54, 1.807) is 12.4 Å². The third-order valence-corrected chi connectivity index (χ3v) is 1.80. The van der Waals surface area contributed by atoms with E-state index in [-0.39, 0.29) is 6.04 Å². The lowest BCUT2D eigenvalue weighted by molar-refractivity contribution is 0.695. The van der Waals surface area contributed by atoms with Gasteiger partial charge >= 0.3 is 0 Å². The lowest BCUT2D eigenvalue weighted by Crippen LogP contribution is -2.08. The molecule has 1 rings (SSSR count). The van der Waals surface area contributed by atoms with E-state index in [2.05, 4.69) is 4.98 Å². The van der Waals surface area contributed by atoms with Crippen molar-refractivity contribution in [1.29, 1.82) is 0 Å². The van der Waals surface area contributed by atoms with Crippen molar-refractivity contribution >= 4 is 11.6 Å². The van der Waals surface area contributed by atoms with E-state index < -0.39 is 0 Å². The third kappa shape index (κ3) is 2.17. The molecule has 0 fully saturated rings. The highest BCUT2D eigenvalue weighted by Crippen LogP contribution is 2.15. The molecule has 0 unspecified atom stereocenters. The first-order chi connectivity index (χ1) is 5.24. The van der Waals surface area contributed by atoms with Crippen molar-refractivity contribution in [1.82, 2.24) is 4.98 Å². The highest BCUT2D eigenvalue weighted by atomic mass is 35.5. The monoisotopic (exact) mass is 170 g/mol. The van der Waals surface area contributed by atoms with Crippen LogP contribution < -0.4 is 5.73 Å². The number of nitrogens with two attached hydrogens (primary N) is 1. The van der Waals surface area contributed by atoms with Crippen molar-refractivity contribution in [3.8, 4) is 0 Å². The van der Waals surface area contributed by atoms with Crippen molar-refractivity contribution in [3.63, 3.8) is 0 Å². The molecule has 0 aromatic carbocycles. The van der Waals surface area contributed by atoms with Crippen LogP contribution in [0.4, 0.5) is 0 Å². The van der Waals surface area contributed by atoms with E-state index in [1.165, 1.54) is 0 Å². The van der Waals surface area contributed by atoms with E-state index in [0.717, 1.165) is 12.0 Å². The highest BCUT2D eigenvalue weighted by molar-refractivity contribution is 6.30. The SMILES string of the molecule is CC[C@@H](N)c1cncc(Cl)c1. The largest absolute Gasteiger partial charge is 0.324 e. The number of rotatable bonds is 2. The molecule has 1 aromatic rings. The van der Waals surface area contributed by atoms with Crippen LogP contribution in [0.25, 0.3) is 0 Å². The van der Waals surface area contributed by atoms with Gasteiger partial charge in [-0.05, 0) is 18.1 Å². The van der Waals surface area contributed by atoms with Crippen molar-refractivity contribution in [3.05, 3.63) is 29.0 Å². The summed E-state index contributed by atoms with van der Waals surface area (Å²) in [5.74, 6) is 0. The van der Waals surface area contributed by atoms with E-state index in [0.29, 0.717) is 5.02 Å². The van der Waals surface area contributed by atoms with Crippen LogP contribution in [-0.2, 0) is 0 Å². The van der Waals surface area contributed by atoms with Crippen LogP contribution in [0.2, 0.25) is 5.02 Å². The minimum Gasteiger partial charge on any atom is -0.324 e. The number of hydrogen-bond donors (Lipinski definition) is 1. The number of halogens is 1. The van der Waals surface area contributed by atoms with Crippen molar-refractivity contribution in [2.24, 2.45) is 5.73 Å². The molecule has 1 atom stereocenters. The van der Waals surface area contributed by atoms with E-state index in [4.69, 9.17) is 17.3 Å². The van der Waals surface area contributed by atoms with E-state index >= 15 is 0 Å². The fraction of sp³-hybridized carbons (Fsp3) is 0.375. The standard InChI is InChI=1S/C8H11ClN2/c1-2-8(10)6-3-7(9)5-11-4-6/h3-5,8H,2,10H2,1H3/t8-/m1/s1. The summed E-state index contributed by atoms with van der Waals surface area (Å²) in [4.78, 5) is 3.94. The molecular weight excluding hydrogens is 160 g/mol. The van der Waals surface area contributed by atoms with Gasteiger partial charge in [0, 0.05) is 18.4 Å². The Morgan fingerprint density at radius 1 is 1.64 bits per heavy atom. The molecule has 0 aliphatic rings. The Morgan fingerprint density at radius 3 is 2.91 bits per heavy atom. The number of pyridine rings is 1. The third-order valence-electron chi connectivity index (χ3n) is 1.59. The van der Waals surface area contributed by atoms with Gasteiger partial charge in [-0.25, -0.2) is 0 Å². The van der Waals surface area contributed by atoms with Gasteiger partial charge < -0.3 is 5.73 Å². The fourth-order valence-corrected chi connectivity index (χ4v) is 1.05. The summed E-state index contributed by atoms with van der Waals surface area (Å²) in [5, 5.41) is 0.645. The summed E-state index contributed by atoms with van der Waals surface area (Å²) in [7, 11) is 0. The second kappa shape index (κ2) is 3.69. The normalized spacial score (nSPS) is 13.0. The highest BCUT2D eigenvalue weighted by Gasteiger charge is 2.02. The Hall–Kier alpha value is -0.600. The molecule has 0 aliphatic heterocycles. The molecule has 1 heterocycles. The Morgan fingerprint density at radius 2 is 2.36 bits per heavy atom. The van der Waals surface area contributed by atoms with Crippen LogP contribution in [0.1, 0.15) is 24.9 Å². The average Bonchev–Trinajstić information content (AvgIpc) is 2.03. The van der Waals surface area contributed by atoms with Crippen LogP contribution in [0.3, 0.4) is 0 Å². The molecule has 3 heteroatoms. The maximum atomic E-state index is 5.76. The zero-order valence-corrected chi connectivity index (χ0v) is 7.17. The minimum absolute atomic E-state index is 0.0567. The van der Waals surface area contributed by atoms with E-state index in [9.17, 15) is 0 Å². The first-order valence-electron chi connectivity index (χ1n) is 3.60. The Labute approximate surface area is 71.4 Å². The smallest absolute Gasteiger partial charge is 0.0592 e. The van der Waals surface area contributed by atoms with Gasteiger partial charge in [0.2, 0.25) is 0 Å². The summed E-state index contributed by atoms with van der Waals surface area (Å²) in [6.07, 6.45) is 4.26. The molecule has 0 radical (unpaired) electrons. The van der Waals surface area contributed by atoms with Crippen LogP contribution in [0, 0.1) is 0 Å². The van der Waals surface area contributed by atoms with Gasteiger partial charge in [0.1, 0.15) is 0 Å². The average molecular weight is 171 g/mol. The zero-order valence-electron chi connectivity index (χ0n) is 6.42. The Bertz CT molecular complexity index is 237. The molecule has 0 amide bonds. The molecule has 0 spiro atoms. The summed E-state index contributed by atoms with van der Waals surface area (Å²) in [6.45, 7) is 2.03. The maximum Gasteiger partial charge on any atom is 0.0592 e. The molecule has 1 aromatic heterocycles. The molecule has 60 valence electrons. The van der Waals surface area contributed by atoms with Crippen molar-refractivity contribution in [2.45, 2.75) is 19.4 Å². The fourth-order valence-electron chi connectivity index (χ4n) is 0.867. The van der Waals surface area contributed by atoms with Gasteiger partial charge in [-0.15, -0.1) is 0 Å². The van der Waals surface area contributed by atoms with Crippen molar-refractivity contribution in [2.75, 3.05) is 0 Å². The lowest BCUT2D eigenvalue weighted by atomic mass is 10.1. The molecule has 0 saturated heterocycles. The molecule has 0 aliphatic carbocycles. The molecule has 2 nitrogen and oxygen atoms in total. The lowest BCUT2D eigenvalue weighted by Gasteiger charge is -2.07. The van der Waals surface area contributed by atoms with Gasteiger partial charge in [0.25, 0.3) is 0 Å². The zero-order chi connectivity index (χ0) is 8.27. The van der Waals surface area contributed by atoms with Gasteiger partial charge in [-0.3, -0.25) is 4.98 Å². The van der Waals surface area contributed by atoms with Gasteiger partial charge in [-0.2, -0.15) is 0 Å². The van der Waals surface area contributed by atoms with Gasteiger partial charge in [-0.1, -0.05) is 18.5 Å². The quantitative estimate of drug-likeness (QED) is 0.739. The molecule has 11 heavy (non-hydrogen) atoms. The number of nitrogens with zero attached hydrogens (tertiary/aromatic N) is 1. The maximum absolute atomic E-state index is 5.76. The van der Waals surface area contributed by atoms with E-state index in [1.807, 2.05) is 13.0 Å². The van der Waals surface area contributed by atoms with Crippen molar-refractivity contribution < 1.29 is 0 Å². The summed E-state index contributed by atoms with van der Waals surface area (Å²) in [5.41, 5.74) is 6.76. The second-order valence-corrected chi connectivity index (χ2v) is 2.89. The molecule has 0 saturated carbocycles. The van der Waals surface area contributed by atoms with Crippen LogP contribution in [0.15, 0.2) is 18.5 Å². The van der Waals surface area contributed by atoms with Crippen LogP contribution in [-0.4, -0.2) is 4.98 Å². The predicted octanol–water partition coefficient (Wildman–Crippen LogP) is 2.14. The van der Waals surface area contributed by atoms with Gasteiger partial charge in [0.05, 0.1) is 5.02 Å².